The molecule has 0 aliphatic carbocycles. The van der Waals surface area contributed by atoms with Crippen LogP contribution in [0.1, 0.15) is 29.9 Å². The van der Waals surface area contributed by atoms with E-state index in [1.54, 1.807) is 24.3 Å². The smallest absolute Gasteiger partial charge is 0.244 e. The largest absolute Gasteiger partial charge is 0.396 e. The number of hydrogen-bond acceptors (Lipinski definition) is 4. The third-order valence-electron chi connectivity index (χ3n) is 5.29. The molecule has 0 unspecified atom stereocenters. The first-order chi connectivity index (χ1) is 13.0. The summed E-state index contributed by atoms with van der Waals surface area (Å²) in [5, 5.41) is 19.1. The highest BCUT2D eigenvalue weighted by molar-refractivity contribution is 7.89. The molecule has 1 aliphatic rings. The van der Waals surface area contributed by atoms with Gasteiger partial charge in [-0.3, -0.25) is 0 Å². The average molecular weight is 385 g/mol. The van der Waals surface area contributed by atoms with E-state index in [1.165, 1.54) is 4.31 Å². The summed E-state index contributed by atoms with van der Waals surface area (Å²) >= 11 is 0. The molecule has 5 nitrogen and oxygen atoms in total. The standard InChI is InChI=1S/C21H24N2O3S/c1-16-9-11-18(12-10-16)27(25,26)23-15-20(17-6-3-2-4-7-17)19(8-5-13-24)21(23)14-22/h2-4,6-7,9-12,19-21,24H,5,8,13,15H2,1H3/t19-,20-,21-/m0/s1. The Morgan fingerprint density at radius 2 is 1.81 bits per heavy atom. The zero-order valence-electron chi connectivity index (χ0n) is 15.3. The number of benzene rings is 2. The van der Waals surface area contributed by atoms with Crippen molar-refractivity contribution in [2.75, 3.05) is 13.2 Å². The van der Waals surface area contributed by atoms with E-state index in [0.717, 1.165) is 11.1 Å². The highest BCUT2D eigenvalue weighted by Crippen LogP contribution is 2.42. The first-order valence-electron chi connectivity index (χ1n) is 9.13. The van der Waals surface area contributed by atoms with Gasteiger partial charge in [-0.2, -0.15) is 9.57 Å². The Kier molecular flexibility index (Phi) is 5.95. The fraction of sp³-hybridized carbons (Fsp3) is 0.381. The third-order valence-corrected chi connectivity index (χ3v) is 7.15. The lowest BCUT2D eigenvalue weighted by Crippen LogP contribution is -2.37. The molecule has 0 aromatic heterocycles. The van der Waals surface area contributed by atoms with Gasteiger partial charge in [0.2, 0.25) is 10.0 Å². The van der Waals surface area contributed by atoms with Gasteiger partial charge in [0, 0.05) is 19.1 Å². The molecule has 2 aromatic rings. The van der Waals surface area contributed by atoms with E-state index in [2.05, 4.69) is 6.07 Å². The summed E-state index contributed by atoms with van der Waals surface area (Å²) < 4.78 is 27.8. The van der Waals surface area contributed by atoms with Crippen LogP contribution in [0.3, 0.4) is 0 Å². The number of nitriles is 1. The van der Waals surface area contributed by atoms with E-state index in [0.29, 0.717) is 12.8 Å². The number of rotatable bonds is 6. The van der Waals surface area contributed by atoms with Gasteiger partial charge < -0.3 is 5.11 Å². The normalized spacial score (nSPS) is 23.2. The lowest BCUT2D eigenvalue weighted by molar-refractivity contribution is 0.263. The van der Waals surface area contributed by atoms with Crippen molar-refractivity contribution in [1.29, 1.82) is 5.26 Å². The van der Waals surface area contributed by atoms with Gasteiger partial charge >= 0.3 is 0 Å². The number of hydrogen-bond donors (Lipinski definition) is 1. The summed E-state index contributed by atoms with van der Waals surface area (Å²) in [6, 6.07) is 17.9. The Morgan fingerprint density at radius 3 is 2.41 bits per heavy atom. The van der Waals surface area contributed by atoms with Gasteiger partial charge in [0.15, 0.2) is 0 Å². The predicted molar refractivity (Wildman–Crippen MR) is 103 cm³/mol. The molecule has 6 heteroatoms. The van der Waals surface area contributed by atoms with Crippen LogP contribution < -0.4 is 0 Å². The molecule has 0 amide bonds. The van der Waals surface area contributed by atoms with Crippen LogP contribution in [0.5, 0.6) is 0 Å². The van der Waals surface area contributed by atoms with Gasteiger partial charge in [-0.1, -0.05) is 48.0 Å². The molecule has 1 fully saturated rings. The summed E-state index contributed by atoms with van der Waals surface area (Å²) in [7, 11) is -3.77. The van der Waals surface area contributed by atoms with Gasteiger partial charge in [-0.25, -0.2) is 8.42 Å². The van der Waals surface area contributed by atoms with Crippen molar-refractivity contribution in [2.45, 2.75) is 36.6 Å². The van der Waals surface area contributed by atoms with E-state index >= 15 is 0 Å². The van der Waals surface area contributed by atoms with Crippen molar-refractivity contribution in [1.82, 2.24) is 4.31 Å². The van der Waals surface area contributed by atoms with E-state index in [4.69, 9.17) is 0 Å². The van der Waals surface area contributed by atoms with E-state index in [1.807, 2.05) is 37.3 Å². The second-order valence-corrected chi connectivity index (χ2v) is 8.90. The maximum absolute atomic E-state index is 13.2. The Labute approximate surface area is 160 Å². The van der Waals surface area contributed by atoms with Crippen molar-refractivity contribution >= 4 is 10.0 Å². The van der Waals surface area contributed by atoms with Crippen LogP contribution in [0.4, 0.5) is 0 Å². The highest BCUT2D eigenvalue weighted by Gasteiger charge is 2.47. The molecule has 0 radical (unpaired) electrons. The summed E-state index contributed by atoms with van der Waals surface area (Å²) in [5.74, 6) is -0.215. The second-order valence-electron chi connectivity index (χ2n) is 7.01. The van der Waals surface area contributed by atoms with Crippen molar-refractivity contribution in [2.24, 2.45) is 5.92 Å². The Morgan fingerprint density at radius 1 is 1.15 bits per heavy atom. The molecule has 3 rings (SSSR count). The minimum absolute atomic E-state index is 0.0286. The fourth-order valence-corrected chi connectivity index (χ4v) is 5.48. The molecule has 1 heterocycles. The van der Waals surface area contributed by atoms with Crippen LogP contribution in [0, 0.1) is 24.2 Å². The average Bonchev–Trinajstić information content (AvgIpc) is 3.06. The van der Waals surface area contributed by atoms with Crippen LogP contribution in [0.2, 0.25) is 0 Å². The van der Waals surface area contributed by atoms with Crippen LogP contribution in [-0.4, -0.2) is 37.0 Å². The first kappa shape index (κ1) is 19.6. The number of aryl methyl sites for hydroxylation is 1. The summed E-state index contributed by atoms with van der Waals surface area (Å²) in [6.07, 6.45) is 1.15. The highest BCUT2D eigenvalue weighted by atomic mass is 32.2. The van der Waals surface area contributed by atoms with Crippen molar-refractivity contribution < 1.29 is 13.5 Å². The Balaban J connectivity index is 2.00. The molecule has 142 valence electrons. The maximum Gasteiger partial charge on any atom is 0.244 e. The lowest BCUT2D eigenvalue weighted by atomic mass is 9.83. The SMILES string of the molecule is Cc1ccc(S(=O)(=O)N2C[C@@H](c3ccccc3)[C@H](CCCO)[C@@H]2C#N)cc1. The topological polar surface area (TPSA) is 81.4 Å². The summed E-state index contributed by atoms with van der Waals surface area (Å²) in [6.45, 7) is 2.20. The predicted octanol–water partition coefficient (Wildman–Crippen LogP) is 3.06. The zero-order valence-corrected chi connectivity index (χ0v) is 16.1. The van der Waals surface area contributed by atoms with Gasteiger partial charge in [-0.05, 0) is 43.4 Å². The minimum atomic E-state index is -3.77. The molecule has 0 saturated carbocycles. The number of nitrogens with zero attached hydrogens (tertiary/aromatic N) is 2. The van der Waals surface area contributed by atoms with Crippen LogP contribution in [0.25, 0.3) is 0 Å². The van der Waals surface area contributed by atoms with Crippen LogP contribution in [-0.2, 0) is 10.0 Å². The van der Waals surface area contributed by atoms with E-state index in [-0.39, 0.29) is 29.9 Å². The van der Waals surface area contributed by atoms with E-state index < -0.39 is 16.1 Å². The third kappa shape index (κ3) is 3.91. The van der Waals surface area contributed by atoms with Crippen LogP contribution >= 0.6 is 0 Å². The Bertz CT molecular complexity index is 905. The molecule has 1 N–H and O–H groups in total. The summed E-state index contributed by atoms with van der Waals surface area (Å²) in [5.41, 5.74) is 2.01. The lowest BCUT2D eigenvalue weighted by Gasteiger charge is -2.22. The van der Waals surface area contributed by atoms with Crippen molar-refractivity contribution in [3.8, 4) is 6.07 Å². The molecule has 0 bridgehead atoms. The van der Waals surface area contributed by atoms with E-state index in [9.17, 15) is 18.8 Å². The summed E-state index contributed by atoms with van der Waals surface area (Å²) in [4.78, 5) is 0.211. The monoisotopic (exact) mass is 384 g/mol. The van der Waals surface area contributed by atoms with Gasteiger partial charge in [0.05, 0.1) is 11.0 Å². The number of aliphatic hydroxyl groups is 1. The zero-order chi connectivity index (χ0) is 19.4. The number of aliphatic hydroxyl groups excluding tert-OH is 1. The molecular formula is C21H24N2O3S. The van der Waals surface area contributed by atoms with Crippen LogP contribution in [0.15, 0.2) is 59.5 Å². The fourth-order valence-electron chi connectivity index (χ4n) is 3.87. The molecule has 2 aromatic carbocycles. The Hall–Kier alpha value is -2.20. The van der Waals surface area contributed by atoms with Gasteiger partial charge in [-0.15, -0.1) is 0 Å². The quantitative estimate of drug-likeness (QED) is 0.830. The molecule has 1 aliphatic heterocycles. The van der Waals surface area contributed by atoms with Gasteiger partial charge in [0.25, 0.3) is 0 Å². The maximum atomic E-state index is 13.2. The molecule has 1 saturated heterocycles. The second kappa shape index (κ2) is 8.22. The van der Waals surface area contributed by atoms with Crippen molar-refractivity contribution in [3.05, 3.63) is 65.7 Å². The molecule has 0 spiro atoms. The van der Waals surface area contributed by atoms with Crippen molar-refractivity contribution in [3.63, 3.8) is 0 Å². The number of sulfonamides is 1. The molecule has 27 heavy (non-hydrogen) atoms. The van der Waals surface area contributed by atoms with Gasteiger partial charge in [0.1, 0.15) is 6.04 Å². The first-order valence-corrected chi connectivity index (χ1v) is 10.6. The minimum Gasteiger partial charge on any atom is -0.396 e. The molecule has 3 atom stereocenters. The molecular weight excluding hydrogens is 360 g/mol.